The van der Waals surface area contributed by atoms with E-state index in [0.717, 1.165) is 25.7 Å². The monoisotopic (exact) mass is 382 g/mol. The number of rotatable bonds is 12. The van der Waals surface area contributed by atoms with Gasteiger partial charge in [0.15, 0.2) is 11.5 Å². The number of ether oxygens (including phenoxy) is 3. The van der Waals surface area contributed by atoms with Gasteiger partial charge in [-0.2, -0.15) is 0 Å². The summed E-state index contributed by atoms with van der Waals surface area (Å²) in [5, 5.41) is 0. The van der Waals surface area contributed by atoms with E-state index in [2.05, 4.69) is 6.92 Å². The number of carbonyl (C=O) groups excluding carboxylic acids is 1. The van der Waals surface area contributed by atoms with Gasteiger partial charge in [0.2, 0.25) is 0 Å². The number of methoxy groups -OCH3 is 1. The van der Waals surface area contributed by atoms with Crippen molar-refractivity contribution < 1.29 is 19.0 Å². The molecule has 150 valence electrons. The smallest absolute Gasteiger partial charge is 0.338 e. The fourth-order valence-electron chi connectivity index (χ4n) is 2.83. The lowest BCUT2D eigenvalue weighted by atomic mass is 10.1. The van der Waals surface area contributed by atoms with Gasteiger partial charge >= 0.3 is 5.97 Å². The molecule has 28 heavy (non-hydrogen) atoms. The lowest BCUT2D eigenvalue weighted by Gasteiger charge is -2.16. The Bertz CT molecular complexity index is 724. The van der Waals surface area contributed by atoms with Crippen LogP contribution in [0.1, 0.15) is 49.4 Å². The molecule has 2 rings (SSSR count). The lowest BCUT2D eigenvalue weighted by Crippen LogP contribution is -2.18. The molecule has 0 radical (unpaired) electrons. The number of para-hydroxylation sites is 2. The zero-order valence-corrected chi connectivity index (χ0v) is 16.8. The molecule has 0 saturated carbocycles. The minimum Gasteiger partial charge on any atom is -0.493 e. The van der Waals surface area contributed by atoms with Crippen LogP contribution in [0.3, 0.4) is 0 Å². The van der Waals surface area contributed by atoms with E-state index < -0.39 is 0 Å². The Morgan fingerprint density at radius 1 is 0.964 bits per heavy atom. The molecule has 4 nitrogen and oxygen atoms in total. The first-order valence-electron chi connectivity index (χ1n) is 9.91. The molecular weight excluding hydrogens is 352 g/mol. The van der Waals surface area contributed by atoms with Crippen LogP contribution in [0.25, 0.3) is 0 Å². The molecule has 1 atom stereocenters. The Hall–Kier alpha value is -2.75. The van der Waals surface area contributed by atoms with E-state index in [9.17, 15) is 4.79 Å². The molecule has 0 aliphatic carbocycles. The summed E-state index contributed by atoms with van der Waals surface area (Å²) in [5.74, 6) is 1.16. The molecule has 0 aliphatic heterocycles. The normalized spacial score (nSPS) is 11.9. The summed E-state index contributed by atoms with van der Waals surface area (Å²) in [6.45, 7) is 2.61. The summed E-state index contributed by atoms with van der Waals surface area (Å²) in [6, 6.07) is 16.7. The van der Waals surface area contributed by atoms with Crippen LogP contribution in [0.5, 0.6) is 11.5 Å². The number of unbranched alkanes of at least 4 members (excludes halogenated alkanes) is 2. The molecule has 2 aromatic rings. The van der Waals surface area contributed by atoms with E-state index in [0.29, 0.717) is 30.1 Å². The zero-order chi connectivity index (χ0) is 20.0. The van der Waals surface area contributed by atoms with Gasteiger partial charge in [-0.15, -0.1) is 0 Å². The second-order valence-corrected chi connectivity index (χ2v) is 6.56. The fourth-order valence-corrected chi connectivity index (χ4v) is 2.83. The van der Waals surface area contributed by atoms with Crippen LogP contribution in [0.4, 0.5) is 0 Å². The molecule has 0 amide bonds. The van der Waals surface area contributed by atoms with Gasteiger partial charge in [-0.05, 0) is 37.1 Å². The average Bonchev–Trinajstić information content (AvgIpc) is 2.74. The van der Waals surface area contributed by atoms with Gasteiger partial charge in [-0.3, -0.25) is 0 Å². The topological polar surface area (TPSA) is 44.8 Å². The van der Waals surface area contributed by atoms with Crippen molar-refractivity contribution in [3.8, 4) is 11.5 Å². The Morgan fingerprint density at radius 3 is 2.39 bits per heavy atom. The van der Waals surface area contributed by atoms with Crippen molar-refractivity contribution in [3.05, 3.63) is 72.3 Å². The first-order chi connectivity index (χ1) is 13.7. The second kappa shape index (κ2) is 12.6. The van der Waals surface area contributed by atoms with Gasteiger partial charge in [0.25, 0.3) is 0 Å². The van der Waals surface area contributed by atoms with E-state index in [1.807, 2.05) is 54.6 Å². The molecular formula is C24H30O4. The van der Waals surface area contributed by atoms with E-state index in [4.69, 9.17) is 14.2 Å². The van der Waals surface area contributed by atoms with E-state index >= 15 is 0 Å². The van der Waals surface area contributed by atoms with Crippen LogP contribution in [-0.2, 0) is 4.74 Å². The van der Waals surface area contributed by atoms with Crippen molar-refractivity contribution in [1.82, 2.24) is 0 Å². The quantitative estimate of drug-likeness (QED) is 0.263. The van der Waals surface area contributed by atoms with Crippen LogP contribution in [-0.4, -0.2) is 25.8 Å². The van der Waals surface area contributed by atoms with Crippen molar-refractivity contribution in [2.75, 3.05) is 13.7 Å². The van der Waals surface area contributed by atoms with Crippen LogP contribution in [0.15, 0.2) is 66.7 Å². The van der Waals surface area contributed by atoms with Crippen LogP contribution < -0.4 is 9.47 Å². The Labute approximate surface area is 168 Å². The molecule has 0 heterocycles. The third-order valence-electron chi connectivity index (χ3n) is 4.38. The van der Waals surface area contributed by atoms with Crippen molar-refractivity contribution in [1.29, 1.82) is 0 Å². The minimum atomic E-state index is -0.263. The summed E-state index contributed by atoms with van der Waals surface area (Å²) in [5.41, 5.74) is 0.589. The van der Waals surface area contributed by atoms with Gasteiger partial charge < -0.3 is 14.2 Å². The largest absolute Gasteiger partial charge is 0.493 e. The van der Waals surface area contributed by atoms with Crippen molar-refractivity contribution in [2.24, 2.45) is 0 Å². The molecule has 0 saturated heterocycles. The lowest BCUT2D eigenvalue weighted by molar-refractivity contribution is 0.0283. The Balaban J connectivity index is 1.85. The number of esters is 1. The van der Waals surface area contributed by atoms with Gasteiger partial charge in [0.05, 0.1) is 12.7 Å². The standard InChI is InChI=1S/C24H30O4/c1-3-4-6-15-21(28-24(25)20-13-7-5-8-14-20)16-11-12-19-27-23-18-10-9-17-22(23)26-2/h5,7-14,17-18,21H,3-4,6,15-16,19H2,1-2H3/b12-11+. The molecule has 0 bridgehead atoms. The summed E-state index contributed by atoms with van der Waals surface area (Å²) < 4.78 is 16.7. The number of hydrogen-bond donors (Lipinski definition) is 0. The van der Waals surface area contributed by atoms with E-state index in [-0.39, 0.29) is 12.1 Å². The first-order valence-corrected chi connectivity index (χ1v) is 9.91. The summed E-state index contributed by atoms with van der Waals surface area (Å²) >= 11 is 0. The van der Waals surface area contributed by atoms with Crippen molar-refractivity contribution >= 4 is 5.97 Å². The molecule has 1 unspecified atom stereocenters. The Morgan fingerprint density at radius 2 is 1.68 bits per heavy atom. The highest BCUT2D eigenvalue weighted by Crippen LogP contribution is 2.25. The Kier molecular flexibility index (Phi) is 9.70. The van der Waals surface area contributed by atoms with Crippen LogP contribution in [0.2, 0.25) is 0 Å². The maximum atomic E-state index is 12.3. The van der Waals surface area contributed by atoms with E-state index in [1.165, 1.54) is 0 Å². The van der Waals surface area contributed by atoms with Crippen LogP contribution >= 0.6 is 0 Å². The first kappa shape index (κ1) is 21.5. The minimum absolute atomic E-state index is 0.123. The molecule has 4 heteroatoms. The predicted molar refractivity (Wildman–Crippen MR) is 112 cm³/mol. The van der Waals surface area contributed by atoms with Gasteiger partial charge in [-0.25, -0.2) is 4.79 Å². The third kappa shape index (κ3) is 7.47. The second-order valence-electron chi connectivity index (χ2n) is 6.56. The van der Waals surface area contributed by atoms with Gasteiger partial charge in [0.1, 0.15) is 12.7 Å². The summed E-state index contributed by atoms with van der Waals surface area (Å²) in [4.78, 5) is 12.3. The highest BCUT2D eigenvalue weighted by Gasteiger charge is 2.14. The zero-order valence-electron chi connectivity index (χ0n) is 16.8. The van der Waals surface area contributed by atoms with Crippen molar-refractivity contribution in [2.45, 2.75) is 45.1 Å². The number of carbonyl (C=O) groups is 1. The third-order valence-corrected chi connectivity index (χ3v) is 4.38. The molecule has 2 aromatic carbocycles. The van der Waals surface area contributed by atoms with Gasteiger partial charge in [0, 0.05) is 6.42 Å². The number of benzene rings is 2. The fraction of sp³-hybridized carbons (Fsp3) is 0.375. The van der Waals surface area contributed by atoms with Crippen molar-refractivity contribution in [3.63, 3.8) is 0 Å². The predicted octanol–water partition coefficient (Wildman–Crippen LogP) is 5.83. The van der Waals surface area contributed by atoms with Gasteiger partial charge in [-0.1, -0.05) is 62.2 Å². The molecule has 0 aliphatic rings. The number of hydrogen-bond acceptors (Lipinski definition) is 4. The molecule has 0 spiro atoms. The maximum absolute atomic E-state index is 12.3. The molecule has 0 aromatic heterocycles. The van der Waals surface area contributed by atoms with E-state index in [1.54, 1.807) is 19.2 Å². The summed E-state index contributed by atoms with van der Waals surface area (Å²) in [7, 11) is 1.63. The highest BCUT2D eigenvalue weighted by atomic mass is 16.5. The SMILES string of the molecule is CCCCCC(C/C=C/COc1ccccc1OC)OC(=O)c1ccccc1. The van der Waals surface area contributed by atoms with Crippen LogP contribution in [0, 0.1) is 0 Å². The molecule has 0 N–H and O–H groups in total. The molecule has 0 fully saturated rings. The average molecular weight is 383 g/mol. The maximum Gasteiger partial charge on any atom is 0.338 e. The summed E-state index contributed by atoms with van der Waals surface area (Å²) in [6.07, 6.45) is 8.72. The highest BCUT2D eigenvalue weighted by molar-refractivity contribution is 5.89.